The van der Waals surface area contributed by atoms with Gasteiger partial charge in [0.15, 0.2) is 5.11 Å². The largest absolute Gasteiger partial charge is 0.495 e. The summed E-state index contributed by atoms with van der Waals surface area (Å²) in [5, 5.41) is 7.59. The average molecular weight is 356 g/mol. The van der Waals surface area contributed by atoms with Crippen LogP contribution in [0.5, 0.6) is 5.75 Å². The van der Waals surface area contributed by atoms with Gasteiger partial charge in [0.05, 0.1) is 12.1 Å². The molecule has 0 aliphatic carbocycles. The topological polar surface area (TPSA) is 36.5 Å². The molecule has 0 bridgehead atoms. The molecule has 1 fully saturated rings. The lowest BCUT2D eigenvalue weighted by atomic mass is 10.0. The van der Waals surface area contributed by atoms with Gasteiger partial charge in [0.1, 0.15) is 5.75 Å². The molecule has 4 nitrogen and oxygen atoms in total. The van der Waals surface area contributed by atoms with Crippen LogP contribution in [0.1, 0.15) is 26.2 Å². The molecule has 6 heteroatoms. The first-order valence-electron chi connectivity index (χ1n) is 8.19. The zero-order chi connectivity index (χ0) is 16.7. The van der Waals surface area contributed by atoms with E-state index in [9.17, 15) is 0 Å². The van der Waals surface area contributed by atoms with Gasteiger partial charge < -0.3 is 20.3 Å². The first-order chi connectivity index (χ1) is 11.1. The zero-order valence-electron chi connectivity index (χ0n) is 13.9. The molecular formula is C17H26ClN3OS. The normalized spacial score (nSPS) is 18.5. The quantitative estimate of drug-likeness (QED) is 0.600. The van der Waals surface area contributed by atoms with Gasteiger partial charge in [0.25, 0.3) is 0 Å². The van der Waals surface area contributed by atoms with Crippen molar-refractivity contribution in [1.82, 2.24) is 10.2 Å². The molecule has 1 aromatic rings. The van der Waals surface area contributed by atoms with Gasteiger partial charge in [0.2, 0.25) is 0 Å². The number of hydrogen-bond donors (Lipinski definition) is 2. The van der Waals surface area contributed by atoms with E-state index in [0.29, 0.717) is 15.9 Å². The summed E-state index contributed by atoms with van der Waals surface area (Å²) in [4.78, 5) is 2.55. The number of rotatable bonds is 6. The molecule has 1 aliphatic heterocycles. The predicted molar refractivity (Wildman–Crippen MR) is 102 cm³/mol. The molecule has 128 valence electrons. The fourth-order valence-corrected chi connectivity index (χ4v) is 3.39. The Balaban J connectivity index is 1.66. The number of thiocarbonyl (C=S) groups is 1. The summed E-state index contributed by atoms with van der Waals surface area (Å²) in [5.74, 6) is 1.49. The van der Waals surface area contributed by atoms with Crippen LogP contribution in [0.2, 0.25) is 5.02 Å². The Bertz CT molecular complexity index is 527. The monoisotopic (exact) mass is 355 g/mol. The fourth-order valence-electron chi connectivity index (χ4n) is 2.91. The maximum Gasteiger partial charge on any atom is 0.170 e. The van der Waals surface area contributed by atoms with Crippen LogP contribution in [0.25, 0.3) is 0 Å². The van der Waals surface area contributed by atoms with Crippen LogP contribution in [0.15, 0.2) is 18.2 Å². The predicted octanol–water partition coefficient (Wildman–Crippen LogP) is 3.76. The van der Waals surface area contributed by atoms with Crippen LogP contribution in [-0.2, 0) is 0 Å². The van der Waals surface area contributed by atoms with E-state index >= 15 is 0 Å². The molecule has 1 aromatic carbocycles. The van der Waals surface area contributed by atoms with Gasteiger partial charge in [0, 0.05) is 18.8 Å². The SMILES string of the molecule is COc1ccc(NC(=S)NCCCN2CCCC(C)C2)cc1Cl. The molecule has 0 amide bonds. The van der Waals surface area contributed by atoms with E-state index in [1.165, 1.54) is 25.9 Å². The Labute approximate surface area is 149 Å². The smallest absolute Gasteiger partial charge is 0.170 e. The molecule has 0 spiro atoms. The van der Waals surface area contributed by atoms with Crippen molar-refractivity contribution >= 4 is 34.6 Å². The minimum absolute atomic E-state index is 0.569. The molecule has 1 aliphatic rings. The second-order valence-electron chi connectivity index (χ2n) is 6.13. The van der Waals surface area contributed by atoms with E-state index in [-0.39, 0.29) is 0 Å². The van der Waals surface area contributed by atoms with Crippen molar-refractivity contribution < 1.29 is 4.74 Å². The highest BCUT2D eigenvalue weighted by molar-refractivity contribution is 7.80. The summed E-state index contributed by atoms with van der Waals surface area (Å²) >= 11 is 11.4. The highest BCUT2D eigenvalue weighted by Gasteiger charge is 2.15. The van der Waals surface area contributed by atoms with Gasteiger partial charge in [-0.25, -0.2) is 0 Å². The molecule has 1 unspecified atom stereocenters. The van der Waals surface area contributed by atoms with E-state index in [1.807, 2.05) is 18.2 Å². The van der Waals surface area contributed by atoms with E-state index in [0.717, 1.165) is 31.1 Å². The van der Waals surface area contributed by atoms with Crippen molar-refractivity contribution in [3.05, 3.63) is 23.2 Å². The van der Waals surface area contributed by atoms with Crippen molar-refractivity contribution in [1.29, 1.82) is 0 Å². The zero-order valence-corrected chi connectivity index (χ0v) is 15.5. The summed E-state index contributed by atoms with van der Waals surface area (Å²) < 4.78 is 5.14. The summed E-state index contributed by atoms with van der Waals surface area (Å²) in [7, 11) is 1.60. The van der Waals surface area contributed by atoms with E-state index in [1.54, 1.807) is 7.11 Å². The average Bonchev–Trinajstić information content (AvgIpc) is 2.52. The van der Waals surface area contributed by atoms with E-state index in [2.05, 4.69) is 22.5 Å². The third-order valence-corrected chi connectivity index (χ3v) is 4.63. The van der Waals surface area contributed by atoms with Crippen molar-refractivity contribution in [2.75, 3.05) is 38.6 Å². The molecule has 2 N–H and O–H groups in total. The minimum Gasteiger partial charge on any atom is -0.495 e. The lowest BCUT2D eigenvalue weighted by Gasteiger charge is -2.30. The fraction of sp³-hybridized carbons (Fsp3) is 0.588. The summed E-state index contributed by atoms with van der Waals surface area (Å²) in [6.45, 7) is 6.81. The highest BCUT2D eigenvalue weighted by Crippen LogP contribution is 2.27. The number of ether oxygens (including phenoxy) is 1. The van der Waals surface area contributed by atoms with Gasteiger partial charge in [-0.1, -0.05) is 18.5 Å². The summed E-state index contributed by atoms with van der Waals surface area (Å²) in [5.41, 5.74) is 0.859. The number of methoxy groups -OCH3 is 1. The van der Waals surface area contributed by atoms with Gasteiger partial charge in [-0.05, 0) is 68.7 Å². The number of benzene rings is 1. The number of halogens is 1. The van der Waals surface area contributed by atoms with Crippen LogP contribution in [0, 0.1) is 5.92 Å². The Morgan fingerprint density at radius 1 is 1.48 bits per heavy atom. The van der Waals surface area contributed by atoms with Crippen LogP contribution >= 0.6 is 23.8 Å². The first kappa shape index (κ1) is 18.3. The number of anilines is 1. The van der Waals surface area contributed by atoms with Crippen molar-refractivity contribution in [3.8, 4) is 5.75 Å². The number of nitrogens with zero attached hydrogens (tertiary/aromatic N) is 1. The van der Waals surface area contributed by atoms with Crippen LogP contribution in [0.4, 0.5) is 5.69 Å². The molecule has 1 saturated heterocycles. The molecular weight excluding hydrogens is 330 g/mol. The van der Waals surface area contributed by atoms with Crippen molar-refractivity contribution in [2.24, 2.45) is 5.92 Å². The lowest BCUT2D eigenvalue weighted by Crippen LogP contribution is -2.37. The Morgan fingerprint density at radius 3 is 3.00 bits per heavy atom. The summed E-state index contributed by atoms with van der Waals surface area (Å²) in [6, 6.07) is 5.53. The van der Waals surface area contributed by atoms with Crippen molar-refractivity contribution in [3.63, 3.8) is 0 Å². The van der Waals surface area contributed by atoms with Crippen LogP contribution in [-0.4, -0.2) is 43.3 Å². The number of likely N-dealkylation sites (tertiary alicyclic amines) is 1. The highest BCUT2D eigenvalue weighted by atomic mass is 35.5. The van der Waals surface area contributed by atoms with E-state index < -0.39 is 0 Å². The maximum atomic E-state index is 6.10. The van der Waals surface area contributed by atoms with Gasteiger partial charge in [-0.15, -0.1) is 0 Å². The van der Waals surface area contributed by atoms with Gasteiger partial charge in [-0.2, -0.15) is 0 Å². The lowest BCUT2D eigenvalue weighted by molar-refractivity contribution is 0.182. The first-order valence-corrected chi connectivity index (χ1v) is 8.98. The third-order valence-electron chi connectivity index (χ3n) is 4.09. The Morgan fingerprint density at radius 2 is 2.30 bits per heavy atom. The number of hydrogen-bond acceptors (Lipinski definition) is 3. The second kappa shape index (κ2) is 9.30. The number of nitrogens with one attached hydrogen (secondary N) is 2. The Kier molecular flexibility index (Phi) is 7.40. The van der Waals surface area contributed by atoms with Crippen LogP contribution < -0.4 is 15.4 Å². The van der Waals surface area contributed by atoms with Gasteiger partial charge >= 0.3 is 0 Å². The Hall–Kier alpha value is -1.04. The van der Waals surface area contributed by atoms with E-state index in [4.69, 9.17) is 28.6 Å². The molecule has 0 radical (unpaired) electrons. The standard InChI is InChI=1S/C17H26ClN3OS/c1-13-5-3-9-21(12-13)10-4-8-19-17(23)20-14-6-7-16(22-2)15(18)11-14/h6-7,11,13H,3-5,8-10,12H2,1-2H3,(H2,19,20,23). The molecule has 2 rings (SSSR count). The number of piperidine rings is 1. The summed E-state index contributed by atoms with van der Waals surface area (Å²) in [6.07, 6.45) is 3.79. The molecule has 0 aromatic heterocycles. The third kappa shape index (κ3) is 6.16. The molecule has 1 atom stereocenters. The molecule has 23 heavy (non-hydrogen) atoms. The van der Waals surface area contributed by atoms with Crippen LogP contribution in [0.3, 0.4) is 0 Å². The molecule has 1 heterocycles. The molecule has 0 saturated carbocycles. The second-order valence-corrected chi connectivity index (χ2v) is 6.95. The minimum atomic E-state index is 0.569. The van der Waals surface area contributed by atoms with Crippen molar-refractivity contribution in [2.45, 2.75) is 26.2 Å². The van der Waals surface area contributed by atoms with Gasteiger partial charge in [-0.3, -0.25) is 0 Å². The maximum absolute atomic E-state index is 6.10.